The number of hydrogen-bond acceptors (Lipinski definition) is 2. The first-order valence-electron chi connectivity index (χ1n) is 4.80. The lowest BCUT2D eigenvalue weighted by atomic mass is 9.84. The number of nitrogens with two attached hydrogens (primary N) is 1. The zero-order chi connectivity index (χ0) is 9.68. The number of rotatable bonds is 3. The highest BCUT2D eigenvalue weighted by Gasteiger charge is 2.16. The molecule has 1 rings (SSSR count). The van der Waals surface area contributed by atoms with E-state index in [2.05, 4.69) is 18.3 Å². The summed E-state index contributed by atoms with van der Waals surface area (Å²) in [7, 11) is 0. The number of nitrogens with zero attached hydrogens (tertiary/aromatic N) is 1. The molecular formula is C11H18N2. The Hall–Kier alpha value is -1.05. The molecule has 2 N–H and O–H groups in total. The molecule has 2 heteroatoms. The second-order valence-corrected chi connectivity index (χ2v) is 3.71. The smallest absolute Gasteiger partial charge is 0.0553 e. The van der Waals surface area contributed by atoms with Crippen molar-refractivity contribution in [3.8, 4) is 0 Å². The van der Waals surface area contributed by atoms with Gasteiger partial charge in [-0.1, -0.05) is 12.2 Å². The third-order valence-corrected chi connectivity index (χ3v) is 2.71. The van der Waals surface area contributed by atoms with E-state index in [-0.39, 0.29) is 0 Å². The van der Waals surface area contributed by atoms with Crippen LogP contribution in [0.3, 0.4) is 0 Å². The maximum Gasteiger partial charge on any atom is 0.0553 e. The van der Waals surface area contributed by atoms with Crippen molar-refractivity contribution < 1.29 is 0 Å². The molecule has 1 fully saturated rings. The van der Waals surface area contributed by atoms with Crippen LogP contribution in [0.2, 0.25) is 0 Å². The molecule has 0 radical (unpaired) electrons. The molecule has 0 saturated heterocycles. The van der Waals surface area contributed by atoms with E-state index < -0.39 is 0 Å². The first-order chi connectivity index (χ1) is 6.26. The summed E-state index contributed by atoms with van der Waals surface area (Å²) in [6, 6.07) is 0. The fourth-order valence-corrected chi connectivity index (χ4v) is 1.77. The van der Waals surface area contributed by atoms with Crippen LogP contribution < -0.4 is 5.73 Å². The van der Waals surface area contributed by atoms with Crippen LogP contribution in [0.5, 0.6) is 0 Å². The molecule has 1 aliphatic carbocycles. The molecule has 0 atom stereocenters. The monoisotopic (exact) mass is 178 g/mol. The van der Waals surface area contributed by atoms with E-state index in [9.17, 15) is 0 Å². The molecule has 2 nitrogen and oxygen atoms in total. The van der Waals surface area contributed by atoms with Crippen molar-refractivity contribution in [3.63, 3.8) is 0 Å². The second kappa shape index (κ2) is 4.85. The van der Waals surface area contributed by atoms with E-state index in [0.717, 1.165) is 18.0 Å². The standard InChI is InChI=1S/C11H18N2/c1-9-3-5-10(6-4-9)7-11(8-12)13-2/h8,10H,1-7,12H2/b11-8-. The molecule has 13 heavy (non-hydrogen) atoms. The van der Waals surface area contributed by atoms with Gasteiger partial charge in [0.15, 0.2) is 0 Å². The van der Waals surface area contributed by atoms with E-state index in [4.69, 9.17) is 5.73 Å². The Balaban J connectivity index is 2.37. The van der Waals surface area contributed by atoms with Gasteiger partial charge in [-0.15, -0.1) is 0 Å². The Kier molecular flexibility index (Phi) is 3.74. The first kappa shape index (κ1) is 10.0. The quantitative estimate of drug-likeness (QED) is 0.523. The van der Waals surface area contributed by atoms with Crippen LogP contribution in [0.4, 0.5) is 0 Å². The third-order valence-electron chi connectivity index (χ3n) is 2.71. The minimum absolute atomic E-state index is 0.728. The molecule has 0 aromatic carbocycles. The number of hydrogen-bond donors (Lipinski definition) is 1. The fraction of sp³-hybridized carbons (Fsp3) is 0.545. The lowest BCUT2D eigenvalue weighted by molar-refractivity contribution is 0.405. The van der Waals surface area contributed by atoms with E-state index in [1.54, 1.807) is 6.20 Å². The molecule has 0 heterocycles. The number of aliphatic imine (C=N–C) groups is 1. The summed E-state index contributed by atoms with van der Waals surface area (Å²) in [5.41, 5.74) is 7.73. The average Bonchev–Trinajstić information content (AvgIpc) is 2.17. The SMILES string of the molecule is C=N/C(=C\N)CC1CCC(=C)CC1. The highest BCUT2D eigenvalue weighted by Crippen LogP contribution is 2.31. The van der Waals surface area contributed by atoms with Crippen LogP contribution in [-0.2, 0) is 0 Å². The Morgan fingerprint density at radius 1 is 1.54 bits per heavy atom. The van der Waals surface area contributed by atoms with Crippen molar-refractivity contribution in [2.75, 3.05) is 0 Å². The van der Waals surface area contributed by atoms with Crippen molar-refractivity contribution in [2.24, 2.45) is 16.6 Å². The summed E-state index contributed by atoms with van der Waals surface area (Å²) < 4.78 is 0. The topological polar surface area (TPSA) is 38.4 Å². The van der Waals surface area contributed by atoms with E-state index >= 15 is 0 Å². The van der Waals surface area contributed by atoms with Gasteiger partial charge in [0.2, 0.25) is 0 Å². The number of allylic oxidation sites excluding steroid dienone is 2. The van der Waals surface area contributed by atoms with Crippen molar-refractivity contribution in [1.82, 2.24) is 0 Å². The van der Waals surface area contributed by atoms with Gasteiger partial charge in [-0.3, -0.25) is 4.99 Å². The predicted octanol–water partition coefficient (Wildman–Crippen LogP) is 2.62. The molecule has 0 bridgehead atoms. The maximum atomic E-state index is 5.41. The molecule has 1 saturated carbocycles. The molecule has 0 amide bonds. The Bertz CT molecular complexity index is 218. The summed E-state index contributed by atoms with van der Waals surface area (Å²) in [6.07, 6.45) is 7.33. The minimum Gasteiger partial charge on any atom is -0.403 e. The lowest BCUT2D eigenvalue weighted by Gasteiger charge is -2.22. The van der Waals surface area contributed by atoms with Crippen molar-refractivity contribution in [3.05, 3.63) is 24.0 Å². The average molecular weight is 178 g/mol. The molecule has 0 spiro atoms. The maximum absolute atomic E-state index is 5.41. The summed E-state index contributed by atoms with van der Waals surface area (Å²) in [6.45, 7) is 7.49. The lowest BCUT2D eigenvalue weighted by Crippen LogP contribution is -2.08. The fourth-order valence-electron chi connectivity index (χ4n) is 1.77. The third kappa shape index (κ3) is 3.05. The molecular weight excluding hydrogens is 160 g/mol. The van der Waals surface area contributed by atoms with Gasteiger partial charge in [0.25, 0.3) is 0 Å². The van der Waals surface area contributed by atoms with Crippen LogP contribution in [0.15, 0.2) is 29.0 Å². The zero-order valence-corrected chi connectivity index (χ0v) is 8.13. The Morgan fingerprint density at radius 3 is 2.62 bits per heavy atom. The largest absolute Gasteiger partial charge is 0.403 e. The molecule has 0 aromatic heterocycles. The Morgan fingerprint density at radius 2 is 2.15 bits per heavy atom. The summed E-state index contributed by atoms with van der Waals surface area (Å²) in [5, 5.41) is 0. The van der Waals surface area contributed by atoms with Crippen LogP contribution >= 0.6 is 0 Å². The highest BCUT2D eigenvalue weighted by atomic mass is 14.7. The van der Waals surface area contributed by atoms with Crippen LogP contribution in [-0.4, -0.2) is 6.72 Å². The Labute approximate surface area is 80.2 Å². The van der Waals surface area contributed by atoms with Crippen LogP contribution in [0.25, 0.3) is 0 Å². The molecule has 0 aromatic rings. The molecule has 72 valence electrons. The summed E-state index contributed by atoms with van der Waals surface area (Å²) in [5.74, 6) is 0.728. The normalized spacial score (nSPS) is 20.3. The van der Waals surface area contributed by atoms with Gasteiger partial charge >= 0.3 is 0 Å². The van der Waals surface area contributed by atoms with Gasteiger partial charge in [0.1, 0.15) is 0 Å². The second-order valence-electron chi connectivity index (χ2n) is 3.71. The van der Waals surface area contributed by atoms with E-state index in [1.807, 2.05) is 0 Å². The van der Waals surface area contributed by atoms with Gasteiger partial charge in [-0.05, 0) is 44.7 Å². The van der Waals surface area contributed by atoms with Crippen LogP contribution in [0.1, 0.15) is 32.1 Å². The van der Waals surface area contributed by atoms with Crippen molar-refractivity contribution in [2.45, 2.75) is 32.1 Å². The zero-order valence-electron chi connectivity index (χ0n) is 8.13. The molecule has 0 unspecified atom stereocenters. The van der Waals surface area contributed by atoms with E-state index in [0.29, 0.717) is 0 Å². The summed E-state index contributed by atoms with van der Waals surface area (Å²) >= 11 is 0. The van der Waals surface area contributed by atoms with Gasteiger partial charge in [0, 0.05) is 6.20 Å². The summed E-state index contributed by atoms with van der Waals surface area (Å²) in [4.78, 5) is 3.88. The predicted molar refractivity (Wildman–Crippen MR) is 57.5 cm³/mol. The van der Waals surface area contributed by atoms with Crippen molar-refractivity contribution >= 4 is 6.72 Å². The van der Waals surface area contributed by atoms with Gasteiger partial charge in [-0.25, -0.2) is 0 Å². The molecule has 0 aliphatic heterocycles. The first-order valence-corrected chi connectivity index (χ1v) is 4.80. The highest BCUT2D eigenvalue weighted by molar-refractivity contribution is 5.28. The molecule has 1 aliphatic rings. The van der Waals surface area contributed by atoms with Gasteiger partial charge in [0.05, 0.1) is 5.70 Å². The van der Waals surface area contributed by atoms with Crippen molar-refractivity contribution in [1.29, 1.82) is 0 Å². The minimum atomic E-state index is 0.728. The van der Waals surface area contributed by atoms with Crippen LogP contribution in [0, 0.1) is 5.92 Å². The van der Waals surface area contributed by atoms with Gasteiger partial charge < -0.3 is 5.73 Å². The van der Waals surface area contributed by atoms with Gasteiger partial charge in [-0.2, -0.15) is 0 Å². The van der Waals surface area contributed by atoms with E-state index in [1.165, 1.54) is 31.3 Å².